The molecule has 33 heavy (non-hydrogen) atoms. The van der Waals surface area contributed by atoms with Crippen molar-refractivity contribution in [2.24, 2.45) is 0 Å². The fourth-order valence-corrected chi connectivity index (χ4v) is 3.19. The Balaban J connectivity index is 1.39. The van der Waals surface area contributed by atoms with Crippen LogP contribution in [-0.2, 0) is 13.1 Å². The van der Waals surface area contributed by atoms with Crippen molar-refractivity contribution >= 4 is 11.4 Å². The highest BCUT2D eigenvalue weighted by molar-refractivity contribution is 5.58. The number of benzene rings is 4. The second kappa shape index (κ2) is 10.1. The van der Waals surface area contributed by atoms with Crippen LogP contribution >= 0.6 is 0 Å². The molecule has 0 spiro atoms. The number of ether oxygens (including phenoxy) is 1. The minimum atomic E-state index is -0.624. The third-order valence-corrected chi connectivity index (χ3v) is 4.95. The Kier molecular flexibility index (Phi) is 6.78. The van der Waals surface area contributed by atoms with Crippen LogP contribution in [0.2, 0.25) is 0 Å². The van der Waals surface area contributed by atoms with E-state index in [2.05, 4.69) is 10.6 Å². The smallest absolute Gasteiger partial charge is 0.150 e. The van der Waals surface area contributed by atoms with Crippen molar-refractivity contribution in [3.8, 4) is 11.5 Å². The Hall–Kier alpha value is -4.00. The van der Waals surface area contributed by atoms with Crippen LogP contribution in [0.3, 0.4) is 0 Å². The van der Waals surface area contributed by atoms with Crippen LogP contribution in [0.4, 0.5) is 28.9 Å². The van der Waals surface area contributed by atoms with Crippen LogP contribution in [0.5, 0.6) is 11.5 Å². The van der Waals surface area contributed by atoms with E-state index in [0.717, 1.165) is 17.8 Å². The minimum Gasteiger partial charge on any atom is -0.455 e. The van der Waals surface area contributed by atoms with E-state index < -0.39 is 23.3 Å². The molecule has 0 radical (unpaired) electrons. The Morgan fingerprint density at radius 3 is 1.79 bits per heavy atom. The largest absolute Gasteiger partial charge is 0.455 e. The molecule has 0 fully saturated rings. The van der Waals surface area contributed by atoms with Gasteiger partial charge in [0.05, 0.1) is 5.69 Å². The molecule has 3 nitrogen and oxygen atoms in total. The number of para-hydroxylation sites is 2. The normalized spacial score (nSPS) is 10.7. The zero-order valence-corrected chi connectivity index (χ0v) is 17.4. The molecule has 7 heteroatoms. The number of anilines is 2. The summed E-state index contributed by atoms with van der Waals surface area (Å²) in [6.45, 7) is 0.369. The third-order valence-electron chi connectivity index (χ3n) is 4.95. The van der Waals surface area contributed by atoms with E-state index in [9.17, 15) is 17.6 Å². The molecule has 0 saturated heterocycles. The molecule has 0 bridgehead atoms. The number of rotatable bonds is 8. The molecule has 4 aromatic rings. The van der Waals surface area contributed by atoms with Crippen LogP contribution in [0.1, 0.15) is 11.1 Å². The molecule has 0 saturated carbocycles. The number of halogens is 4. The van der Waals surface area contributed by atoms with Gasteiger partial charge in [0.1, 0.15) is 29.0 Å². The summed E-state index contributed by atoms with van der Waals surface area (Å²) >= 11 is 0. The van der Waals surface area contributed by atoms with Gasteiger partial charge in [0.2, 0.25) is 0 Å². The molecule has 168 valence electrons. The summed E-state index contributed by atoms with van der Waals surface area (Å²) < 4.78 is 59.7. The lowest BCUT2D eigenvalue weighted by Gasteiger charge is -2.14. The van der Waals surface area contributed by atoms with Gasteiger partial charge in [-0.25, -0.2) is 17.6 Å². The van der Waals surface area contributed by atoms with Gasteiger partial charge in [-0.15, -0.1) is 0 Å². The lowest BCUT2D eigenvalue weighted by molar-refractivity contribution is 0.484. The first kappa shape index (κ1) is 22.2. The topological polar surface area (TPSA) is 33.3 Å². The first-order chi connectivity index (χ1) is 16.0. The maximum absolute atomic E-state index is 13.9. The summed E-state index contributed by atoms with van der Waals surface area (Å²) in [6, 6.07) is 21.2. The van der Waals surface area contributed by atoms with Gasteiger partial charge < -0.3 is 15.4 Å². The number of nitrogens with one attached hydrogen (secondary N) is 2. The summed E-state index contributed by atoms with van der Waals surface area (Å²) in [4.78, 5) is 0. The van der Waals surface area contributed by atoms with Crippen molar-refractivity contribution in [3.05, 3.63) is 119 Å². The molecule has 0 aromatic heterocycles. The van der Waals surface area contributed by atoms with E-state index in [-0.39, 0.29) is 13.1 Å². The lowest BCUT2D eigenvalue weighted by atomic mass is 10.2. The fourth-order valence-electron chi connectivity index (χ4n) is 3.19. The third kappa shape index (κ3) is 5.83. The lowest BCUT2D eigenvalue weighted by Crippen LogP contribution is -2.03. The summed E-state index contributed by atoms with van der Waals surface area (Å²) in [6.07, 6.45) is 0. The molecule has 0 atom stereocenters. The van der Waals surface area contributed by atoms with Crippen molar-refractivity contribution in [3.63, 3.8) is 0 Å². The van der Waals surface area contributed by atoms with Gasteiger partial charge in [-0.3, -0.25) is 0 Å². The molecule has 4 rings (SSSR count). The molecule has 0 aliphatic rings. The van der Waals surface area contributed by atoms with Crippen LogP contribution in [0.15, 0.2) is 84.9 Å². The monoisotopic (exact) mass is 452 g/mol. The molecule has 0 aliphatic carbocycles. The average Bonchev–Trinajstić information content (AvgIpc) is 2.80. The summed E-state index contributed by atoms with van der Waals surface area (Å²) in [5.41, 5.74) is 2.08. The van der Waals surface area contributed by atoms with Gasteiger partial charge in [-0.05, 0) is 48.5 Å². The van der Waals surface area contributed by atoms with Gasteiger partial charge in [0, 0.05) is 42.0 Å². The van der Waals surface area contributed by atoms with E-state index in [0.29, 0.717) is 28.3 Å². The molecule has 0 amide bonds. The van der Waals surface area contributed by atoms with E-state index in [1.54, 1.807) is 36.4 Å². The zero-order valence-electron chi connectivity index (χ0n) is 17.4. The Bertz CT molecular complexity index is 1250. The predicted molar refractivity (Wildman–Crippen MR) is 120 cm³/mol. The van der Waals surface area contributed by atoms with Crippen LogP contribution < -0.4 is 15.4 Å². The fraction of sp³-hybridized carbons (Fsp3) is 0.0769. The van der Waals surface area contributed by atoms with E-state index >= 15 is 0 Å². The van der Waals surface area contributed by atoms with Crippen LogP contribution in [0.25, 0.3) is 0 Å². The molecular weight excluding hydrogens is 432 g/mol. The zero-order chi connectivity index (χ0) is 23.2. The highest BCUT2D eigenvalue weighted by Crippen LogP contribution is 2.30. The summed E-state index contributed by atoms with van der Waals surface area (Å²) in [5, 5.41) is 6.19. The van der Waals surface area contributed by atoms with Crippen molar-refractivity contribution in [1.29, 1.82) is 0 Å². The summed E-state index contributed by atoms with van der Waals surface area (Å²) in [7, 11) is 0. The van der Waals surface area contributed by atoms with Gasteiger partial charge in [-0.1, -0.05) is 24.3 Å². The van der Waals surface area contributed by atoms with Crippen LogP contribution in [0, 0.1) is 23.3 Å². The van der Waals surface area contributed by atoms with E-state index in [4.69, 9.17) is 4.74 Å². The van der Waals surface area contributed by atoms with Crippen LogP contribution in [-0.4, -0.2) is 0 Å². The highest BCUT2D eigenvalue weighted by Gasteiger charge is 2.08. The average molecular weight is 452 g/mol. The summed E-state index contributed by atoms with van der Waals surface area (Å²) in [5.74, 6) is -1.36. The second-order valence-corrected chi connectivity index (χ2v) is 7.30. The minimum absolute atomic E-state index is 0.162. The van der Waals surface area contributed by atoms with Crippen molar-refractivity contribution in [2.75, 3.05) is 10.6 Å². The van der Waals surface area contributed by atoms with Gasteiger partial charge in [0.15, 0.2) is 5.75 Å². The highest BCUT2D eigenvalue weighted by atomic mass is 19.1. The maximum Gasteiger partial charge on any atom is 0.150 e. The quantitative estimate of drug-likeness (QED) is 0.276. The Morgan fingerprint density at radius 1 is 0.606 bits per heavy atom. The van der Waals surface area contributed by atoms with Gasteiger partial charge in [-0.2, -0.15) is 0 Å². The van der Waals surface area contributed by atoms with Crippen molar-refractivity contribution in [1.82, 2.24) is 0 Å². The standard InChI is InChI=1S/C26H20F4N2O/c27-19-7-5-17(23(29)13-19)15-31-21-9-11-22(12-10-21)33-26-4-2-1-3-25(26)32-16-18-6-8-20(28)14-24(18)30/h1-14,31-32H,15-16H2. The molecule has 4 aromatic carbocycles. The van der Waals surface area contributed by atoms with Gasteiger partial charge >= 0.3 is 0 Å². The second-order valence-electron chi connectivity index (χ2n) is 7.30. The predicted octanol–water partition coefficient (Wildman–Crippen LogP) is 7.26. The molecule has 2 N–H and O–H groups in total. The first-order valence-electron chi connectivity index (χ1n) is 10.2. The number of hydrogen-bond acceptors (Lipinski definition) is 3. The van der Waals surface area contributed by atoms with E-state index in [1.807, 2.05) is 12.1 Å². The molecule has 0 unspecified atom stereocenters. The van der Waals surface area contributed by atoms with Crippen molar-refractivity contribution in [2.45, 2.75) is 13.1 Å². The van der Waals surface area contributed by atoms with E-state index in [1.165, 1.54) is 24.3 Å². The van der Waals surface area contributed by atoms with Gasteiger partial charge in [0.25, 0.3) is 0 Å². The molecular formula is C26H20F4N2O. The SMILES string of the molecule is Fc1ccc(CNc2ccc(Oc3ccccc3NCc3ccc(F)cc3F)cc2)c(F)c1. The molecule has 0 aliphatic heterocycles. The maximum atomic E-state index is 13.9. The first-order valence-corrected chi connectivity index (χ1v) is 10.2. The van der Waals surface area contributed by atoms with Crippen molar-refractivity contribution < 1.29 is 22.3 Å². The number of hydrogen-bond donors (Lipinski definition) is 2. The Morgan fingerprint density at radius 2 is 1.18 bits per heavy atom. The Labute approximate surface area is 188 Å². The molecule has 0 heterocycles.